The van der Waals surface area contributed by atoms with E-state index in [9.17, 15) is 9.59 Å². The van der Waals surface area contributed by atoms with Crippen molar-refractivity contribution in [2.75, 3.05) is 20.1 Å². The number of hydrogen-bond donors (Lipinski definition) is 1. The molecule has 0 saturated carbocycles. The van der Waals surface area contributed by atoms with E-state index in [-0.39, 0.29) is 18.4 Å². The van der Waals surface area contributed by atoms with Gasteiger partial charge in [0.1, 0.15) is 10.6 Å². The zero-order valence-electron chi connectivity index (χ0n) is 13.1. The molecule has 0 saturated heterocycles. The van der Waals surface area contributed by atoms with Gasteiger partial charge in [-0.15, -0.1) is 11.3 Å². The minimum Gasteiger partial charge on any atom is -0.459 e. The molecule has 2 aromatic heterocycles. The first kappa shape index (κ1) is 16.2. The summed E-state index contributed by atoms with van der Waals surface area (Å²) in [7, 11) is 1.55. The van der Waals surface area contributed by atoms with Gasteiger partial charge < -0.3 is 14.6 Å². The highest BCUT2D eigenvalue weighted by Crippen LogP contribution is 2.30. The fraction of sp³-hybridized carbons (Fsp3) is 0.400. The number of carbonyl (C=O) groups excluding carboxylic acids is 2. The molecule has 2 aromatic rings. The Hall–Kier alpha value is -2.15. The van der Waals surface area contributed by atoms with Gasteiger partial charge in [0.2, 0.25) is 5.91 Å². The maximum atomic E-state index is 12.6. The Balaban J connectivity index is 2.26. The average molecular weight is 321 g/mol. The molecule has 118 valence electrons. The molecule has 7 heteroatoms. The fourth-order valence-electron chi connectivity index (χ4n) is 1.97. The van der Waals surface area contributed by atoms with Crippen molar-refractivity contribution in [1.29, 1.82) is 0 Å². The van der Waals surface area contributed by atoms with Gasteiger partial charge in [-0.2, -0.15) is 0 Å². The second kappa shape index (κ2) is 6.74. The first-order chi connectivity index (χ1) is 10.5. The maximum Gasteiger partial charge on any atom is 0.266 e. The summed E-state index contributed by atoms with van der Waals surface area (Å²) < 4.78 is 5.55. The van der Waals surface area contributed by atoms with Gasteiger partial charge >= 0.3 is 0 Å². The molecule has 0 atom stereocenters. The quantitative estimate of drug-likeness (QED) is 0.916. The Kier molecular flexibility index (Phi) is 4.97. The van der Waals surface area contributed by atoms with Crippen molar-refractivity contribution in [2.45, 2.75) is 20.8 Å². The Morgan fingerprint density at radius 1 is 1.36 bits per heavy atom. The average Bonchev–Trinajstić information content (AvgIpc) is 3.09. The monoisotopic (exact) mass is 321 g/mol. The van der Waals surface area contributed by atoms with Gasteiger partial charge in [-0.1, -0.05) is 0 Å². The van der Waals surface area contributed by atoms with Crippen molar-refractivity contribution in [3.8, 4) is 10.8 Å². The van der Waals surface area contributed by atoms with Crippen LogP contribution in [0.1, 0.15) is 28.0 Å². The molecule has 6 nitrogen and oxygen atoms in total. The topological polar surface area (TPSA) is 75.4 Å². The Labute approximate surface area is 133 Å². The van der Waals surface area contributed by atoms with Crippen LogP contribution in [0.4, 0.5) is 0 Å². The fourth-order valence-corrected chi connectivity index (χ4v) is 2.97. The third-order valence-corrected chi connectivity index (χ3v) is 4.38. The standard InChI is InChI=1S/C15H19N3O3S/c1-5-18(8-12(19)16-4)15(20)13-10(3)17-14(22-13)11-7-6-9(2)21-11/h6-7H,5,8H2,1-4H3,(H,16,19). The lowest BCUT2D eigenvalue weighted by atomic mass is 10.3. The molecule has 0 spiro atoms. The van der Waals surface area contributed by atoms with Gasteiger partial charge in [-0.05, 0) is 32.9 Å². The Bertz CT molecular complexity index is 690. The highest BCUT2D eigenvalue weighted by molar-refractivity contribution is 7.17. The molecule has 22 heavy (non-hydrogen) atoms. The lowest BCUT2D eigenvalue weighted by Gasteiger charge is -2.19. The molecular weight excluding hydrogens is 302 g/mol. The van der Waals surface area contributed by atoms with Crippen LogP contribution in [0.25, 0.3) is 10.8 Å². The van der Waals surface area contributed by atoms with Crippen LogP contribution in [-0.4, -0.2) is 41.8 Å². The SMILES string of the molecule is CCN(CC(=O)NC)C(=O)c1sc(-c2ccc(C)o2)nc1C. The summed E-state index contributed by atoms with van der Waals surface area (Å²) in [6.45, 7) is 5.99. The van der Waals surface area contributed by atoms with Gasteiger partial charge in [0.05, 0.1) is 12.2 Å². The number of aromatic nitrogens is 1. The van der Waals surface area contributed by atoms with Crippen LogP contribution >= 0.6 is 11.3 Å². The van der Waals surface area contributed by atoms with Crippen molar-refractivity contribution in [1.82, 2.24) is 15.2 Å². The number of amides is 2. The number of rotatable bonds is 5. The molecule has 0 unspecified atom stereocenters. The van der Waals surface area contributed by atoms with Gasteiger partial charge in [-0.3, -0.25) is 9.59 Å². The number of nitrogens with one attached hydrogen (secondary N) is 1. The predicted molar refractivity (Wildman–Crippen MR) is 84.9 cm³/mol. The summed E-state index contributed by atoms with van der Waals surface area (Å²) >= 11 is 1.28. The summed E-state index contributed by atoms with van der Waals surface area (Å²) in [6.07, 6.45) is 0. The van der Waals surface area contributed by atoms with E-state index in [4.69, 9.17) is 4.42 Å². The van der Waals surface area contributed by atoms with Crippen LogP contribution in [0.3, 0.4) is 0 Å². The van der Waals surface area contributed by atoms with Gasteiger partial charge in [0, 0.05) is 13.6 Å². The van der Waals surface area contributed by atoms with Crippen LogP contribution < -0.4 is 5.32 Å². The van der Waals surface area contributed by atoms with Crippen LogP contribution in [0.15, 0.2) is 16.5 Å². The smallest absolute Gasteiger partial charge is 0.266 e. The molecule has 0 aliphatic heterocycles. The second-order valence-electron chi connectivity index (χ2n) is 4.84. The molecule has 0 aromatic carbocycles. The van der Waals surface area contributed by atoms with Gasteiger partial charge in [0.25, 0.3) is 5.91 Å². The van der Waals surface area contributed by atoms with Crippen LogP contribution in [0.5, 0.6) is 0 Å². The lowest BCUT2D eigenvalue weighted by Crippen LogP contribution is -2.39. The third kappa shape index (κ3) is 3.36. The minimum absolute atomic E-state index is 0.0400. The molecule has 2 heterocycles. The number of carbonyl (C=O) groups is 2. The number of nitrogens with zero attached hydrogens (tertiary/aromatic N) is 2. The largest absolute Gasteiger partial charge is 0.459 e. The number of thiazole rings is 1. The number of hydrogen-bond acceptors (Lipinski definition) is 5. The van der Waals surface area contributed by atoms with E-state index in [2.05, 4.69) is 10.3 Å². The molecule has 0 fully saturated rings. The summed E-state index contributed by atoms with van der Waals surface area (Å²) in [5.74, 6) is 1.07. The highest BCUT2D eigenvalue weighted by Gasteiger charge is 2.23. The Morgan fingerprint density at radius 2 is 2.09 bits per heavy atom. The molecular formula is C15H19N3O3S. The predicted octanol–water partition coefficient (Wildman–Crippen LogP) is 2.23. The third-order valence-electron chi connectivity index (χ3n) is 3.22. The highest BCUT2D eigenvalue weighted by atomic mass is 32.1. The normalized spacial score (nSPS) is 10.5. The van der Waals surface area contributed by atoms with Crippen molar-refractivity contribution in [3.05, 3.63) is 28.5 Å². The van der Waals surface area contributed by atoms with E-state index in [1.807, 2.05) is 26.0 Å². The van der Waals surface area contributed by atoms with Gasteiger partial charge in [-0.25, -0.2) is 4.98 Å². The van der Waals surface area contributed by atoms with E-state index in [1.165, 1.54) is 16.2 Å². The molecule has 0 radical (unpaired) electrons. The molecule has 2 rings (SSSR count). The number of likely N-dealkylation sites (N-methyl/N-ethyl adjacent to an activating group) is 2. The molecule has 0 bridgehead atoms. The first-order valence-electron chi connectivity index (χ1n) is 7.00. The van der Waals surface area contributed by atoms with E-state index >= 15 is 0 Å². The van der Waals surface area contributed by atoms with E-state index in [0.29, 0.717) is 27.9 Å². The second-order valence-corrected chi connectivity index (χ2v) is 5.84. The Morgan fingerprint density at radius 3 is 2.64 bits per heavy atom. The number of aryl methyl sites for hydroxylation is 2. The first-order valence-corrected chi connectivity index (χ1v) is 7.82. The van der Waals surface area contributed by atoms with Crippen molar-refractivity contribution < 1.29 is 14.0 Å². The molecule has 0 aliphatic rings. The van der Waals surface area contributed by atoms with Crippen molar-refractivity contribution >= 4 is 23.2 Å². The van der Waals surface area contributed by atoms with Crippen molar-refractivity contribution in [3.63, 3.8) is 0 Å². The summed E-state index contributed by atoms with van der Waals surface area (Å²) in [5.41, 5.74) is 0.648. The van der Waals surface area contributed by atoms with Crippen LogP contribution in [-0.2, 0) is 4.79 Å². The van der Waals surface area contributed by atoms with E-state index in [0.717, 1.165) is 5.76 Å². The van der Waals surface area contributed by atoms with Gasteiger partial charge in [0.15, 0.2) is 10.8 Å². The molecule has 0 aliphatic carbocycles. The maximum absolute atomic E-state index is 12.6. The zero-order valence-corrected chi connectivity index (χ0v) is 13.9. The zero-order chi connectivity index (χ0) is 16.3. The molecule has 2 amide bonds. The minimum atomic E-state index is -0.195. The summed E-state index contributed by atoms with van der Waals surface area (Å²) in [4.78, 5) is 30.5. The van der Waals surface area contributed by atoms with Crippen LogP contribution in [0.2, 0.25) is 0 Å². The molecule has 1 N–H and O–H groups in total. The lowest BCUT2D eigenvalue weighted by molar-refractivity contribution is -0.121. The van der Waals surface area contributed by atoms with E-state index in [1.54, 1.807) is 14.0 Å². The summed E-state index contributed by atoms with van der Waals surface area (Å²) in [6, 6.07) is 3.70. The van der Waals surface area contributed by atoms with Crippen molar-refractivity contribution in [2.24, 2.45) is 0 Å². The van der Waals surface area contributed by atoms with E-state index < -0.39 is 0 Å². The summed E-state index contributed by atoms with van der Waals surface area (Å²) in [5, 5.41) is 3.20. The number of furan rings is 1. The van der Waals surface area contributed by atoms with Crippen LogP contribution in [0, 0.1) is 13.8 Å².